The second-order valence-corrected chi connectivity index (χ2v) is 7.26. The van der Waals surface area contributed by atoms with Gasteiger partial charge in [-0.25, -0.2) is 14.8 Å². The molecular formula is C24H19N5O3. The summed E-state index contributed by atoms with van der Waals surface area (Å²) in [5, 5.41) is 0.527. The summed E-state index contributed by atoms with van der Waals surface area (Å²) < 4.78 is 8.35. The van der Waals surface area contributed by atoms with E-state index < -0.39 is 5.97 Å². The number of rotatable bonds is 5. The Balaban J connectivity index is 1.53. The maximum Gasteiger partial charge on any atom is 0.358 e. The van der Waals surface area contributed by atoms with Crippen LogP contribution in [0, 0.1) is 0 Å². The van der Waals surface area contributed by atoms with Crippen LogP contribution in [0.3, 0.4) is 0 Å². The second-order valence-electron chi connectivity index (χ2n) is 7.26. The predicted molar refractivity (Wildman–Crippen MR) is 119 cm³/mol. The van der Waals surface area contributed by atoms with E-state index in [1.54, 1.807) is 34.6 Å². The fourth-order valence-electron chi connectivity index (χ4n) is 3.58. The van der Waals surface area contributed by atoms with Crippen molar-refractivity contribution in [2.75, 3.05) is 6.61 Å². The Morgan fingerprint density at radius 2 is 1.91 bits per heavy atom. The van der Waals surface area contributed by atoms with Crippen molar-refractivity contribution in [2.24, 2.45) is 0 Å². The largest absolute Gasteiger partial charge is 0.461 e. The van der Waals surface area contributed by atoms with Crippen LogP contribution in [0.15, 0.2) is 78.2 Å². The van der Waals surface area contributed by atoms with Crippen molar-refractivity contribution in [1.82, 2.24) is 23.9 Å². The third-order valence-corrected chi connectivity index (χ3v) is 5.15. The normalized spacial score (nSPS) is 11.2. The maximum absolute atomic E-state index is 13.1. The zero-order chi connectivity index (χ0) is 22.1. The topological polar surface area (TPSA) is 91.4 Å². The van der Waals surface area contributed by atoms with Crippen molar-refractivity contribution in [1.29, 1.82) is 0 Å². The number of imidazole rings is 1. The van der Waals surface area contributed by atoms with Crippen LogP contribution >= 0.6 is 0 Å². The highest BCUT2D eigenvalue weighted by Gasteiger charge is 2.13. The molecule has 4 aromatic heterocycles. The number of ether oxygens (including phenoxy) is 1. The monoisotopic (exact) mass is 425 g/mol. The average Bonchev–Trinajstić information content (AvgIpc) is 3.25. The molecule has 8 heteroatoms. The molecule has 8 nitrogen and oxygen atoms in total. The summed E-state index contributed by atoms with van der Waals surface area (Å²) in [6, 6.07) is 14.9. The number of esters is 1. The number of carbonyl (C=O) groups excluding carboxylic acids is 1. The van der Waals surface area contributed by atoms with Crippen molar-refractivity contribution in [3.63, 3.8) is 0 Å². The van der Waals surface area contributed by atoms with E-state index in [-0.39, 0.29) is 11.3 Å². The Morgan fingerprint density at radius 1 is 1.03 bits per heavy atom. The lowest BCUT2D eigenvalue weighted by Crippen LogP contribution is -2.21. The Morgan fingerprint density at radius 3 is 2.72 bits per heavy atom. The zero-order valence-electron chi connectivity index (χ0n) is 17.3. The summed E-state index contributed by atoms with van der Waals surface area (Å²) >= 11 is 0. The van der Waals surface area contributed by atoms with Crippen molar-refractivity contribution in [2.45, 2.75) is 13.5 Å². The molecular weight excluding hydrogens is 406 g/mol. The first-order chi connectivity index (χ1) is 15.6. The van der Waals surface area contributed by atoms with Gasteiger partial charge in [-0.2, -0.15) is 0 Å². The van der Waals surface area contributed by atoms with Gasteiger partial charge in [0.2, 0.25) is 0 Å². The van der Waals surface area contributed by atoms with Gasteiger partial charge >= 0.3 is 5.97 Å². The molecule has 158 valence electrons. The standard InChI is InChI=1S/C24H19N5O3/c1-2-32-24(31)21-14-28-12-17(7-9-22(28)27-21)16-6-8-20-19(11-16)23(30)29(15-26-20)13-18-5-3-4-10-25-18/h3-12,14-15H,2,13H2,1H3. The predicted octanol–water partition coefficient (Wildman–Crippen LogP) is 3.33. The minimum Gasteiger partial charge on any atom is -0.461 e. The van der Waals surface area contributed by atoms with Gasteiger partial charge in [0.15, 0.2) is 5.69 Å². The van der Waals surface area contributed by atoms with Crippen LogP contribution < -0.4 is 5.56 Å². The first-order valence-electron chi connectivity index (χ1n) is 10.2. The lowest BCUT2D eigenvalue weighted by atomic mass is 10.1. The summed E-state index contributed by atoms with van der Waals surface area (Å²) in [4.78, 5) is 38.1. The van der Waals surface area contributed by atoms with Crippen LogP contribution in [0.4, 0.5) is 0 Å². The summed E-state index contributed by atoms with van der Waals surface area (Å²) in [5.74, 6) is -0.456. The van der Waals surface area contributed by atoms with Gasteiger partial charge in [-0.15, -0.1) is 0 Å². The number of hydrogen-bond acceptors (Lipinski definition) is 6. The van der Waals surface area contributed by atoms with E-state index >= 15 is 0 Å². The number of aromatic nitrogens is 5. The van der Waals surface area contributed by atoms with E-state index in [9.17, 15) is 9.59 Å². The van der Waals surface area contributed by atoms with Gasteiger partial charge in [-0.1, -0.05) is 12.1 Å². The van der Waals surface area contributed by atoms with Gasteiger partial charge < -0.3 is 9.14 Å². The number of nitrogens with zero attached hydrogens (tertiary/aromatic N) is 5. The van der Waals surface area contributed by atoms with Crippen molar-refractivity contribution >= 4 is 22.5 Å². The highest BCUT2D eigenvalue weighted by molar-refractivity contribution is 5.88. The van der Waals surface area contributed by atoms with Gasteiger partial charge in [0, 0.05) is 18.6 Å². The highest BCUT2D eigenvalue weighted by Crippen LogP contribution is 2.23. The van der Waals surface area contributed by atoms with Crippen molar-refractivity contribution in [3.8, 4) is 11.1 Å². The zero-order valence-corrected chi connectivity index (χ0v) is 17.3. The molecule has 0 saturated heterocycles. The lowest BCUT2D eigenvalue weighted by Gasteiger charge is -2.08. The van der Waals surface area contributed by atoms with E-state index in [1.807, 2.05) is 54.7 Å². The molecule has 0 unspecified atom stereocenters. The van der Waals surface area contributed by atoms with Gasteiger partial charge in [-0.3, -0.25) is 14.3 Å². The highest BCUT2D eigenvalue weighted by atomic mass is 16.5. The molecule has 0 bridgehead atoms. The van der Waals surface area contributed by atoms with E-state index in [4.69, 9.17) is 4.74 Å². The smallest absolute Gasteiger partial charge is 0.358 e. The number of carbonyl (C=O) groups is 1. The number of hydrogen-bond donors (Lipinski definition) is 0. The molecule has 4 heterocycles. The molecule has 0 aliphatic heterocycles. The van der Waals surface area contributed by atoms with Crippen LogP contribution in [0.5, 0.6) is 0 Å². The fourth-order valence-corrected chi connectivity index (χ4v) is 3.58. The molecule has 0 spiro atoms. The van der Waals surface area contributed by atoms with Crippen LogP contribution in [0.2, 0.25) is 0 Å². The second kappa shape index (κ2) is 8.07. The molecule has 32 heavy (non-hydrogen) atoms. The quantitative estimate of drug-likeness (QED) is 0.401. The van der Waals surface area contributed by atoms with Gasteiger partial charge in [0.1, 0.15) is 5.65 Å². The molecule has 0 N–H and O–H groups in total. The molecule has 0 aliphatic rings. The molecule has 0 amide bonds. The summed E-state index contributed by atoms with van der Waals surface area (Å²) in [7, 11) is 0. The molecule has 0 radical (unpaired) electrons. The maximum atomic E-state index is 13.1. The number of fused-ring (bicyclic) bond motifs is 2. The molecule has 0 fully saturated rings. The van der Waals surface area contributed by atoms with Crippen LogP contribution in [-0.4, -0.2) is 36.5 Å². The first kappa shape index (κ1) is 19.6. The van der Waals surface area contributed by atoms with Crippen LogP contribution in [0.1, 0.15) is 23.1 Å². The third kappa shape index (κ3) is 3.62. The molecule has 5 aromatic rings. The van der Waals surface area contributed by atoms with Gasteiger partial charge in [0.05, 0.1) is 36.1 Å². The first-order valence-corrected chi connectivity index (χ1v) is 10.2. The number of pyridine rings is 2. The Bertz CT molecular complexity index is 1510. The molecule has 0 aliphatic carbocycles. The van der Waals surface area contributed by atoms with Crippen molar-refractivity contribution < 1.29 is 9.53 Å². The Labute approximate surface area is 182 Å². The minimum atomic E-state index is -0.456. The minimum absolute atomic E-state index is 0.129. The number of benzene rings is 1. The van der Waals surface area contributed by atoms with E-state index in [0.29, 0.717) is 29.7 Å². The summed E-state index contributed by atoms with van der Waals surface area (Å²) in [6.45, 7) is 2.40. The fraction of sp³-hybridized carbons (Fsp3) is 0.125. The summed E-state index contributed by atoms with van der Waals surface area (Å²) in [5.41, 5.74) is 3.92. The van der Waals surface area contributed by atoms with Gasteiger partial charge in [-0.05, 0) is 54.4 Å². The molecule has 1 aromatic carbocycles. The summed E-state index contributed by atoms with van der Waals surface area (Å²) in [6.07, 6.45) is 6.76. The average molecular weight is 425 g/mol. The lowest BCUT2D eigenvalue weighted by molar-refractivity contribution is 0.0520. The van der Waals surface area contributed by atoms with E-state index in [1.165, 1.54) is 0 Å². The van der Waals surface area contributed by atoms with Crippen molar-refractivity contribution in [3.05, 3.63) is 95.2 Å². The SMILES string of the molecule is CCOC(=O)c1cn2cc(-c3ccc4ncn(Cc5ccccn5)c(=O)c4c3)ccc2n1. The molecule has 0 atom stereocenters. The Hall–Kier alpha value is -4.33. The van der Waals surface area contributed by atoms with E-state index in [0.717, 1.165) is 16.8 Å². The third-order valence-electron chi connectivity index (χ3n) is 5.15. The van der Waals surface area contributed by atoms with Gasteiger partial charge in [0.25, 0.3) is 5.56 Å². The van der Waals surface area contributed by atoms with Crippen LogP contribution in [-0.2, 0) is 11.3 Å². The Kier molecular flexibility index (Phi) is 4.95. The molecule has 0 saturated carbocycles. The van der Waals surface area contributed by atoms with Crippen LogP contribution in [0.25, 0.3) is 27.7 Å². The molecule has 5 rings (SSSR count). The van der Waals surface area contributed by atoms with E-state index in [2.05, 4.69) is 15.0 Å².